The summed E-state index contributed by atoms with van der Waals surface area (Å²) in [6, 6.07) is 0. The molecule has 2 N–H and O–H groups in total. The van der Waals surface area contributed by atoms with Gasteiger partial charge >= 0.3 is 11.7 Å². The van der Waals surface area contributed by atoms with Crippen molar-refractivity contribution in [1.29, 1.82) is 0 Å². The van der Waals surface area contributed by atoms with Gasteiger partial charge in [0, 0.05) is 16.1 Å². The molecular formula is C20H23N3O4S2. The number of thioether (sulfide) groups is 1. The summed E-state index contributed by atoms with van der Waals surface area (Å²) in [6.07, 6.45) is 6.61. The van der Waals surface area contributed by atoms with E-state index >= 15 is 0 Å². The van der Waals surface area contributed by atoms with Gasteiger partial charge in [-0.05, 0) is 57.4 Å². The normalized spacial score (nSPS) is 14.9. The molecule has 0 spiro atoms. The summed E-state index contributed by atoms with van der Waals surface area (Å²) in [5.74, 6) is -0.454. The lowest BCUT2D eigenvalue weighted by molar-refractivity contribution is -0.113. The summed E-state index contributed by atoms with van der Waals surface area (Å²) in [5.41, 5.74) is 3.14. The Morgan fingerprint density at radius 1 is 1.17 bits per heavy atom. The molecule has 2 aliphatic carbocycles. The van der Waals surface area contributed by atoms with Crippen molar-refractivity contribution in [3.8, 4) is 0 Å². The zero-order valence-electron chi connectivity index (χ0n) is 16.3. The number of rotatable bonds is 6. The van der Waals surface area contributed by atoms with Crippen molar-refractivity contribution >= 4 is 40.0 Å². The van der Waals surface area contributed by atoms with Gasteiger partial charge in [-0.25, -0.2) is 9.59 Å². The van der Waals surface area contributed by atoms with Crippen LogP contribution in [0.25, 0.3) is 0 Å². The number of esters is 1. The van der Waals surface area contributed by atoms with Crippen LogP contribution in [-0.4, -0.2) is 34.2 Å². The molecule has 0 saturated carbocycles. The lowest BCUT2D eigenvalue weighted by Gasteiger charge is -2.12. The first-order valence-electron chi connectivity index (χ1n) is 9.93. The van der Waals surface area contributed by atoms with Gasteiger partial charge < -0.3 is 15.0 Å². The number of anilines is 1. The third-order valence-electron chi connectivity index (χ3n) is 5.18. The van der Waals surface area contributed by atoms with E-state index in [-0.39, 0.29) is 23.3 Å². The van der Waals surface area contributed by atoms with Gasteiger partial charge in [-0.2, -0.15) is 4.98 Å². The Morgan fingerprint density at radius 3 is 2.79 bits per heavy atom. The molecule has 154 valence electrons. The van der Waals surface area contributed by atoms with Crippen LogP contribution in [0.4, 0.5) is 5.00 Å². The van der Waals surface area contributed by atoms with E-state index < -0.39 is 0 Å². The van der Waals surface area contributed by atoms with Crippen LogP contribution in [-0.2, 0) is 35.2 Å². The van der Waals surface area contributed by atoms with Gasteiger partial charge in [0.1, 0.15) is 10.0 Å². The maximum atomic E-state index is 12.6. The first-order chi connectivity index (χ1) is 14.1. The average molecular weight is 434 g/mol. The molecule has 1 amide bonds. The van der Waals surface area contributed by atoms with E-state index in [0.717, 1.165) is 66.6 Å². The van der Waals surface area contributed by atoms with Gasteiger partial charge in [0.15, 0.2) is 0 Å². The summed E-state index contributed by atoms with van der Waals surface area (Å²) < 4.78 is 5.23. The van der Waals surface area contributed by atoms with E-state index in [4.69, 9.17) is 4.74 Å². The molecule has 9 heteroatoms. The van der Waals surface area contributed by atoms with Gasteiger partial charge in [0.05, 0.1) is 17.9 Å². The van der Waals surface area contributed by atoms with Crippen LogP contribution in [0.15, 0.2) is 9.82 Å². The zero-order chi connectivity index (χ0) is 20.4. The molecule has 2 aliphatic rings. The van der Waals surface area contributed by atoms with Crippen LogP contribution in [0.1, 0.15) is 58.2 Å². The molecule has 4 rings (SSSR count). The smallest absolute Gasteiger partial charge is 0.346 e. The number of aromatic nitrogens is 2. The fraction of sp³-hybridized carbons (Fsp3) is 0.500. The maximum Gasteiger partial charge on any atom is 0.346 e. The lowest BCUT2D eigenvalue weighted by atomic mass is 9.95. The fourth-order valence-corrected chi connectivity index (χ4v) is 6.10. The van der Waals surface area contributed by atoms with Crippen LogP contribution >= 0.6 is 23.1 Å². The first-order valence-corrected chi connectivity index (χ1v) is 11.7. The lowest BCUT2D eigenvalue weighted by Crippen LogP contribution is -2.18. The minimum absolute atomic E-state index is 0.133. The molecule has 2 heterocycles. The number of fused-ring (bicyclic) bond motifs is 2. The van der Waals surface area contributed by atoms with E-state index in [1.165, 1.54) is 23.1 Å². The number of hydrogen-bond acceptors (Lipinski definition) is 7. The Hall–Kier alpha value is -2.13. The van der Waals surface area contributed by atoms with E-state index in [2.05, 4.69) is 15.3 Å². The molecule has 0 unspecified atom stereocenters. The minimum Gasteiger partial charge on any atom is -0.462 e. The highest BCUT2D eigenvalue weighted by atomic mass is 32.2. The Balaban J connectivity index is 1.50. The Kier molecular flexibility index (Phi) is 6.05. The summed E-state index contributed by atoms with van der Waals surface area (Å²) in [6.45, 7) is 2.07. The zero-order valence-corrected chi connectivity index (χ0v) is 17.9. The van der Waals surface area contributed by atoms with Gasteiger partial charge in [-0.15, -0.1) is 11.3 Å². The number of nitrogens with zero attached hydrogens (tertiary/aromatic N) is 1. The highest BCUT2D eigenvalue weighted by Gasteiger charge is 2.27. The number of carbonyl (C=O) groups excluding carboxylic acids is 2. The van der Waals surface area contributed by atoms with Crippen molar-refractivity contribution < 1.29 is 14.3 Å². The van der Waals surface area contributed by atoms with Crippen LogP contribution in [0.5, 0.6) is 0 Å². The summed E-state index contributed by atoms with van der Waals surface area (Å²) in [5, 5.41) is 4.11. The second kappa shape index (κ2) is 8.71. The van der Waals surface area contributed by atoms with Crippen molar-refractivity contribution in [3.05, 3.63) is 37.7 Å². The van der Waals surface area contributed by atoms with Crippen LogP contribution in [0.2, 0.25) is 0 Å². The molecule has 7 nitrogen and oxygen atoms in total. The number of aromatic amines is 1. The molecule has 0 aromatic carbocycles. The first kappa shape index (κ1) is 20.2. The van der Waals surface area contributed by atoms with Gasteiger partial charge in [0.2, 0.25) is 5.91 Å². The van der Waals surface area contributed by atoms with E-state index in [0.29, 0.717) is 22.2 Å². The number of nitrogens with one attached hydrogen (secondary N) is 2. The molecule has 0 saturated heterocycles. The van der Waals surface area contributed by atoms with E-state index in [1.54, 1.807) is 6.92 Å². The second-order valence-electron chi connectivity index (χ2n) is 7.13. The molecule has 2 aromatic heterocycles. The van der Waals surface area contributed by atoms with Crippen molar-refractivity contribution in [3.63, 3.8) is 0 Å². The third-order valence-corrected chi connectivity index (χ3v) is 7.41. The molecular weight excluding hydrogens is 410 g/mol. The van der Waals surface area contributed by atoms with Gasteiger partial charge in [-0.3, -0.25) is 4.79 Å². The fourth-order valence-electron chi connectivity index (χ4n) is 3.92. The van der Waals surface area contributed by atoms with E-state index in [1.807, 2.05) is 0 Å². The predicted octanol–water partition coefficient (Wildman–Crippen LogP) is 3.11. The average Bonchev–Trinajstić information content (AvgIpc) is 3.30. The number of H-pyrrole nitrogens is 1. The number of ether oxygens (including phenoxy) is 1. The Morgan fingerprint density at radius 2 is 1.97 bits per heavy atom. The molecule has 0 fully saturated rings. The van der Waals surface area contributed by atoms with Crippen molar-refractivity contribution in [2.24, 2.45) is 0 Å². The van der Waals surface area contributed by atoms with Gasteiger partial charge in [0.25, 0.3) is 0 Å². The monoisotopic (exact) mass is 433 g/mol. The maximum absolute atomic E-state index is 12.6. The summed E-state index contributed by atoms with van der Waals surface area (Å²) >= 11 is 2.75. The van der Waals surface area contributed by atoms with E-state index in [9.17, 15) is 14.4 Å². The minimum atomic E-state index is -0.371. The topological polar surface area (TPSA) is 101 Å². The molecule has 0 atom stereocenters. The summed E-state index contributed by atoms with van der Waals surface area (Å²) in [7, 11) is 0. The van der Waals surface area contributed by atoms with Crippen LogP contribution in [0, 0.1) is 0 Å². The Labute approximate surface area is 176 Å². The van der Waals surface area contributed by atoms with Gasteiger partial charge in [-0.1, -0.05) is 11.8 Å². The van der Waals surface area contributed by atoms with Crippen LogP contribution < -0.4 is 11.0 Å². The molecule has 0 radical (unpaired) electrons. The summed E-state index contributed by atoms with van der Waals surface area (Å²) in [4.78, 5) is 44.9. The third kappa shape index (κ3) is 4.25. The van der Waals surface area contributed by atoms with Crippen molar-refractivity contribution in [2.45, 2.75) is 56.9 Å². The largest absolute Gasteiger partial charge is 0.462 e. The number of aryl methyl sites for hydroxylation is 2. The standard InChI is InChI=1S/C20H23N3O4S2/c1-2-27-19(25)16-12-6-3-4-9-14(12)29-18(16)22-15(24)10-28-17-11-7-5-8-13(11)21-20(26)23-17/h2-10H2,1H3,(H,22,24)(H,21,23,26). The van der Waals surface area contributed by atoms with Crippen LogP contribution in [0.3, 0.4) is 0 Å². The molecule has 0 aliphatic heterocycles. The Bertz CT molecular complexity index is 1010. The molecule has 2 aromatic rings. The highest BCUT2D eigenvalue weighted by Crippen LogP contribution is 2.38. The highest BCUT2D eigenvalue weighted by molar-refractivity contribution is 8.00. The predicted molar refractivity (Wildman–Crippen MR) is 113 cm³/mol. The number of amides is 1. The quantitative estimate of drug-likeness (QED) is 0.412. The number of thiophene rings is 1. The van der Waals surface area contributed by atoms with Crippen molar-refractivity contribution in [1.82, 2.24) is 9.97 Å². The number of carbonyl (C=O) groups is 2. The molecule has 29 heavy (non-hydrogen) atoms. The SMILES string of the molecule is CCOC(=O)c1c(NC(=O)CSc2nc(=O)[nH]c3c2CCC3)sc2c1CCCC2. The second-order valence-corrected chi connectivity index (χ2v) is 9.20. The molecule has 0 bridgehead atoms. The number of hydrogen-bond donors (Lipinski definition) is 2. The van der Waals surface area contributed by atoms with Crippen molar-refractivity contribution in [2.75, 3.05) is 17.7 Å².